The maximum absolute atomic E-state index is 11.4. The zero-order valence-corrected chi connectivity index (χ0v) is 10.9. The van der Waals surface area contributed by atoms with Gasteiger partial charge in [0, 0.05) is 18.9 Å². The molecular formula is C12H14ClNOS. The second-order valence-corrected chi connectivity index (χ2v) is 5.29. The third kappa shape index (κ3) is 4.29. The highest BCUT2D eigenvalue weighted by atomic mass is 35.5. The summed E-state index contributed by atoms with van der Waals surface area (Å²) in [7, 11) is 0. The number of nitrogens with zero attached hydrogens (tertiary/aromatic N) is 1. The Labute approximate surface area is 105 Å². The molecule has 0 radical (unpaired) electrons. The van der Waals surface area contributed by atoms with E-state index in [9.17, 15) is 4.79 Å². The number of rotatable bonds is 4. The summed E-state index contributed by atoms with van der Waals surface area (Å²) in [5, 5.41) is 0. The number of aryl methyl sites for hydroxylation is 1. The topological polar surface area (TPSA) is 20.3 Å². The van der Waals surface area contributed by atoms with E-state index in [1.165, 1.54) is 12.5 Å². The van der Waals surface area contributed by atoms with Gasteiger partial charge in [-0.1, -0.05) is 48.0 Å². The van der Waals surface area contributed by atoms with Crippen molar-refractivity contribution in [3.63, 3.8) is 0 Å². The number of carbonyl (C=O) groups is 1. The molecule has 0 aliphatic heterocycles. The highest BCUT2D eigenvalue weighted by Gasteiger charge is 2.11. The predicted molar refractivity (Wildman–Crippen MR) is 70.0 cm³/mol. The van der Waals surface area contributed by atoms with Gasteiger partial charge in [-0.2, -0.15) is 0 Å². The lowest BCUT2D eigenvalue weighted by Gasteiger charge is -2.18. The van der Waals surface area contributed by atoms with E-state index < -0.39 is 0 Å². The minimum Gasteiger partial charge on any atom is -0.277 e. The average Bonchev–Trinajstić information content (AvgIpc) is 2.15. The monoisotopic (exact) mass is 255 g/mol. The molecule has 1 aromatic rings. The van der Waals surface area contributed by atoms with E-state index in [4.69, 9.17) is 11.6 Å². The number of carbonyl (C=O) groups excluding carboxylic acids is 1. The van der Waals surface area contributed by atoms with Gasteiger partial charge in [-0.15, -0.1) is 0 Å². The quantitative estimate of drug-likeness (QED) is 0.765. The van der Waals surface area contributed by atoms with Gasteiger partial charge >= 0.3 is 0 Å². The first-order valence-corrected chi connectivity index (χ1v) is 6.00. The number of hydrogen-bond donors (Lipinski definition) is 0. The van der Waals surface area contributed by atoms with Crippen LogP contribution in [0.15, 0.2) is 35.2 Å². The fraction of sp³-hybridized carbons (Fsp3) is 0.250. The van der Waals surface area contributed by atoms with Crippen molar-refractivity contribution >= 4 is 29.5 Å². The van der Waals surface area contributed by atoms with E-state index in [0.29, 0.717) is 10.9 Å². The van der Waals surface area contributed by atoms with Gasteiger partial charge in [0.05, 0.1) is 10.9 Å². The van der Waals surface area contributed by atoms with E-state index >= 15 is 0 Å². The molecule has 0 spiro atoms. The summed E-state index contributed by atoms with van der Waals surface area (Å²) < 4.78 is 1.98. The Morgan fingerprint density at radius 2 is 2.25 bits per heavy atom. The molecule has 0 heterocycles. The van der Waals surface area contributed by atoms with Crippen LogP contribution in [0.1, 0.15) is 18.1 Å². The molecule has 2 nitrogen and oxygen atoms in total. The van der Waals surface area contributed by atoms with Crippen LogP contribution in [-0.2, 0) is 11.3 Å². The Hall–Kier alpha value is -0.930. The molecule has 0 saturated carbocycles. The molecule has 16 heavy (non-hydrogen) atoms. The summed E-state index contributed by atoms with van der Waals surface area (Å²) in [6, 6.07) is 8.03. The van der Waals surface area contributed by atoms with Gasteiger partial charge in [-0.3, -0.25) is 9.10 Å². The summed E-state index contributed by atoms with van der Waals surface area (Å²) in [6.07, 6.45) is 0. The Morgan fingerprint density at radius 1 is 1.56 bits per heavy atom. The molecule has 0 saturated heterocycles. The normalized spacial score (nSPS) is 9.94. The van der Waals surface area contributed by atoms with Crippen LogP contribution in [0.3, 0.4) is 0 Å². The smallest absolute Gasteiger partial charge is 0.229 e. The fourth-order valence-electron chi connectivity index (χ4n) is 1.30. The molecule has 0 unspecified atom stereocenters. The van der Waals surface area contributed by atoms with Gasteiger partial charge < -0.3 is 0 Å². The lowest BCUT2D eigenvalue weighted by Crippen LogP contribution is -2.20. The second kappa shape index (κ2) is 5.97. The summed E-state index contributed by atoms with van der Waals surface area (Å²) >= 11 is 6.85. The van der Waals surface area contributed by atoms with Crippen molar-refractivity contribution in [1.82, 2.24) is 4.31 Å². The van der Waals surface area contributed by atoms with Crippen molar-refractivity contribution in [3.8, 4) is 0 Å². The first kappa shape index (κ1) is 13.1. The van der Waals surface area contributed by atoms with Crippen LogP contribution >= 0.6 is 23.5 Å². The summed E-state index contributed by atoms with van der Waals surface area (Å²) in [5.74, 6) is -0.0340. The third-order valence-electron chi connectivity index (χ3n) is 1.97. The Bertz CT molecular complexity index is 406. The second-order valence-electron chi connectivity index (χ2n) is 3.49. The Balaban J connectivity index is 2.75. The Morgan fingerprint density at radius 3 is 2.75 bits per heavy atom. The number of halogens is 1. The van der Waals surface area contributed by atoms with Gasteiger partial charge in [0.2, 0.25) is 5.91 Å². The molecule has 0 aliphatic rings. The zero-order valence-electron chi connectivity index (χ0n) is 9.37. The molecule has 1 rings (SSSR count). The van der Waals surface area contributed by atoms with Gasteiger partial charge in [0.25, 0.3) is 0 Å². The van der Waals surface area contributed by atoms with Crippen LogP contribution < -0.4 is 0 Å². The van der Waals surface area contributed by atoms with Gasteiger partial charge in [-0.25, -0.2) is 0 Å². The molecule has 0 fully saturated rings. The van der Waals surface area contributed by atoms with E-state index in [1.54, 1.807) is 4.31 Å². The van der Waals surface area contributed by atoms with Crippen molar-refractivity contribution in [2.45, 2.75) is 20.4 Å². The molecule has 0 N–H and O–H groups in total. The van der Waals surface area contributed by atoms with E-state index in [1.807, 2.05) is 31.2 Å². The van der Waals surface area contributed by atoms with Crippen LogP contribution in [0, 0.1) is 6.92 Å². The van der Waals surface area contributed by atoms with E-state index in [-0.39, 0.29) is 5.91 Å². The number of hydrogen-bond acceptors (Lipinski definition) is 2. The molecule has 4 heteroatoms. The van der Waals surface area contributed by atoms with Crippen LogP contribution in [0.25, 0.3) is 0 Å². The molecule has 0 aliphatic carbocycles. The third-order valence-corrected chi connectivity index (χ3v) is 2.98. The first-order chi connectivity index (χ1) is 7.49. The van der Waals surface area contributed by atoms with Crippen molar-refractivity contribution < 1.29 is 4.79 Å². The largest absolute Gasteiger partial charge is 0.277 e. The standard InChI is InChI=1S/C12H14ClNOS/c1-9-5-4-6-12(7-9)8-14(11(3)15)16-10(2)13/h4-7H,2,8H2,1,3H3. The van der Waals surface area contributed by atoms with Crippen molar-refractivity contribution in [2.24, 2.45) is 0 Å². The van der Waals surface area contributed by atoms with E-state index in [0.717, 1.165) is 17.5 Å². The minimum atomic E-state index is -0.0340. The molecule has 86 valence electrons. The van der Waals surface area contributed by atoms with Gasteiger partial charge in [0.15, 0.2) is 0 Å². The summed E-state index contributed by atoms with van der Waals surface area (Å²) in [4.78, 5) is 11.4. The highest BCUT2D eigenvalue weighted by molar-refractivity contribution is 8.02. The maximum Gasteiger partial charge on any atom is 0.229 e. The maximum atomic E-state index is 11.4. The lowest BCUT2D eigenvalue weighted by molar-refractivity contribution is -0.124. The zero-order chi connectivity index (χ0) is 12.1. The minimum absolute atomic E-state index is 0.0340. The van der Waals surface area contributed by atoms with Crippen molar-refractivity contribution in [1.29, 1.82) is 0 Å². The predicted octanol–water partition coefficient (Wildman–Crippen LogP) is 3.70. The van der Waals surface area contributed by atoms with E-state index in [2.05, 4.69) is 6.58 Å². The van der Waals surface area contributed by atoms with Gasteiger partial charge in [-0.05, 0) is 12.5 Å². The van der Waals surface area contributed by atoms with Crippen LogP contribution in [0.4, 0.5) is 0 Å². The molecular weight excluding hydrogens is 242 g/mol. The van der Waals surface area contributed by atoms with Crippen LogP contribution in [0.2, 0.25) is 0 Å². The molecule has 0 bridgehead atoms. The summed E-state index contributed by atoms with van der Waals surface area (Å²) in [5.41, 5.74) is 2.26. The van der Waals surface area contributed by atoms with Crippen LogP contribution in [-0.4, -0.2) is 10.2 Å². The van der Waals surface area contributed by atoms with Crippen LogP contribution in [0.5, 0.6) is 0 Å². The Kier molecular flexibility index (Phi) is 4.90. The average molecular weight is 256 g/mol. The van der Waals surface area contributed by atoms with Gasteiger partial charge in [0.1, 0.15) is 0 Å². The lowest BCUT2D eigenvalue weighted by atomic mass is 10.1. The number of amides is 1. The van der Waals surface area contributed by atoms with Crippen molar-refractivity contribution in [3.05, 3.63) is 46.3 Å². The molecule has 0 atom stereocenters. The summed E-state index contributed by atoms with van der Waals surface area (Å²) in [6.45, 7) is 7.65. The fourth-order valence-corrected chi connectivity index (χ4v) is 2.13. The highest BCUT2D eigenvalue weighted by Crippen LogP contribution is 2.24. The SMILES string of the molecule is C=C(Cl)SN(Cc1cccc(C)c1)C(C)=O. The molecule has 0 aromatic heterocycles. The first-order valence-electron chi connectivity index (χ1n) is 4.85. The molecule has 1 aromatic carbocycles. The number of benzene rings is 1. The van der Waals surface area contributed by atoms with Crippen molar-refractivity contribution in [2.75, 3.05) is 0 Å². The molecule has 1 amide bonds.